The third kappa shape index (κ3) is 63.0. The lowest BCUT2D eigenvalue weighted by Crippen LogP contribution is -2.11. The number of hydrogen-bond donors (Lipinski definition) is 0. The molecule has 0 aromatic rings. The van der Waals surface area contributed by atoms with Gasteiger partial charge in [0.25, 0.3) is 0 Å². The van der Waals surface area contributed by atoms with E-state index in [9.17, 15) is 9.59 Å². The minimum atomic E-state index is -0.329. The molecule has 0 aliphatic rings. The number of carbonyl (C=O) groups is 2. The van der Waals surface area contributed by atoms with Gasteiger partial charge in [-0.15, -0.1) is 13.2 Å². The minimum Gasteiger partial charge on any atom is -0.463 e. The van der Waals surface area contributed by atoms with Crippen molar-refractivity contribution in [3.63, 3.8) is 0 Å². The number of carbonyl (C=O) groups excluding carboxylic acids is 2. The highest BCUT2D eigenvalue weighted by Crippen LogP contribution is 2.03. The van der Waals surface area contributed by atoms with Crippen LogP contribution in [0.15, 0.2) is 26.0 Å². The fraction of sp³-hybridized carbons (Fsp3) is 0.667. The number of esters is 2. The predicted octanol–water partition coefficient (Wildman–Crippen LogP) is 6.17. The first-order chi connectivity index (χ1) is 8.43. The molecule has 0 saturated carbocycles. The van der Waals surface area contributed by atoms with E-state index >= 15 is 0 Å². The Hall–Kier alpha value is -1.58. The second-order valence-corrected chi connectivity index (χ2v) is 3.34. The van der Waals surface area contributed by atoms with Gasteiger partial charge in [-0.05, 0) is 13.3 Å². The van der Waals surface area contributed by atoms with Crippen LogP contribution in [0.3, 0.4) is 0 Å². The molecule has 0 aliphatic carbocycles. The van der Waals surface area contributed by atoms with Crippen LogP contribution in [0.1, 0.15) is 76.7 Å². The molecule has 0 saturated heterocycles. The first-order valence-electron chi connectivity index (χ1n) is 5.89. The largest absolute Gasteiger partial charge is 0.463 e. The van der Waals surface area contributed by atoms with Crippen LogP contribution in [-0.4, -0.2) is 18.0 Å². The Morgan fingerprint density at radius 2 is 1.45 bits per heavy atom. The first kappa shape index (κ1) is 42.8. The Morgan fingerprint density at radius 1 is 1.05 bits per heavy atom. The summed E-state index contributed by atoms with van der Waals surface area (Å²) in [5.74, 6) is -0.506. The lowest BCUT2D eigenvalue weighted by molar-refractivity contribution is -0.145. The van der Waals surface area contributed by atoms with E-state index in [1.807, 2.05) is 6.92 Å². The molecule has 0 bridgehead atoms. The van der Waals surface area contributed by atoms with Crippen LogP contribution in [0.4, 0.5) is 0 Å². The van der Waals surface area contributed by atoms with Gasteiger partial charge in [-0.1, -0.05) is 56.1 Å². The molecule has 0 heterocycles. The molecule has 0 aliphatic heterocycles. The Kier molecular flexibility index (Phi) is 71.1. The summed E-state index contributed by atoms with van der Waals surface area (Å²) < 4.78 is 9.08. The highest BCUT2D eigenvalue weighted by molar-refractivity contribution is 5.66. The summed E-state index contributed by atoms with van der Waals surface area (Å²) in [6.07, 6.45) is 4.47. The quantitative estimate of drug-likeness (QED) is 0.345. The molecule has 0 spiro atoms. The number of unbranched alkanes of at least 4 members (excludes halogenated alkanes) is 1. The molecule has 0 aromatic heterocycles. The van der Waals surface area contributed by atoms with E-state index in [-0.39, 0.29) is 47.7 Å². The van der Waals surface area contributed by atoms with E-state index in [0.29, 0.717) is 0 Å². The van der Waals surface area contributed by atoms with Gasteiger partial charge < -0.3 is 9.47 Å². The van der Waals surface area contributed by atoms with Gasteiger partial charge in [-0.25, -0.2) is 0 Å². The summed E-state index contributed by atoms with van der Waals surface area (Å²) >= 11 is 0. The minimum absolute atomic E-state index is 0. The van der Waals surface area contributed by atoms with Gasteiger partial charge in [-0.2, -0.15) is 0 Å². The van der Waals surface area contributed by atoms with Gasteiger partial charge in [-0.3, -0.25) is 9.59 Å². The van der Waals surface area contributed by atoms with Crippen LogP contribution in [0, 0.1) is 0 Å². The van der Waals surface area contributed by atoms with Crippen LogP contribution in [-0.2, 0) is 19.1 Å². The third-order valence-corrected chi connectivity index (χ3v) is 1.58. The monoisotopic (exact) mass is 322 g/mol. The van der Waals surface area contributed by atoms with Crippen molar-refractivity contribution in [1.82, 2.24) is 0 Å². The average Bonchev–Trinajstić information content (AvgIpc) is 2.29. The second-order valence-electron chi connectivity index (χ2n) is 3.34. The zero-order chi connectivity index (χ0) is 15.0. The molecular formula is C18H42O4. The molecule has 138 valence electrons. The van der Waals surface area contributed by atoms with Crippen molar-refractivity contribution in [1.29, 1.82) is 0 Å². The summed E-state index contributed by atoms with van der Waals surface area (Å²) in [4.78, 5) is 20.1. The Morgan fingerprint density at radius 3 is 1.64 bits per heavy atom. The van der Waals surface area contributed by atoms with E-state index in [4.69, 9.17) is 4.74 Å². The Balaban J connectivity index is -0.0000000334. The van der Waals surface area contributed by atoms with Gasteiger partial charge >= 0.3 is 11.9 Å². The maximum Gasteiger partial charge on any atom is 0.307 e. The summed E-state index contributed by atoms with van der Waals surface area (Å²) in [6, 6.07) is 0. The molecular weight excluding hydrogens is 280 g/mol. The van der Waals surface area contributed by atoms with Crippen molar-refractivity contribution in [3.05, 3.63) is 26.0 Å². The average molecular weight is 323 g/mol. The van der Waals surface area contributed by atoms with Gasteiger partial charge in [0.2, 0.25) is 0 Å². The fourth-order valence-electron chi connectivity index (χ4n) is 0.951. The second kappa shape index (κ2) is 36.6. The maximum atomic E-state index is 10.4. The Labute approximate surface area is 140 Å². The molecule has 4 heteroatoms. The molecule has 1 unspecified atom stereocenters. The van der Waals surface area contributed by atoms with Gasteiger partial charge in [0.05, 0.1) is 12.4 Å². The maximum absolute atomic E-state index is 10.4. The molecule has 4 nitrogen and oxygen atoms in total. The molecule has 1 atom stereocenters. The zero-order valence-electron chi connectivity index (χ0n) is 12.0. The number of rotatable bonds is 5. The van der Waals surface area contributed by atoms with Crippen molar-refractivity contribution in [3.8, 4) is 0 Å². The van der Waals surface area contributed by atoms with Gasteiger partial charge in [0.15, 0.2) is 0 Å². The van der Waals surface area contributed by atoms with Crippen LogP contribution < -0.4 is 0 Å². The van der Waals surface area contributed by atoms with Gasteiger partial charge in [0.1, 0.15) is 0 Å². The summed E-state index contributed by atoms with van der Waals surface area (Å²) in [5.41, 5.74) is 0. The first-order valence-corrected chi connectivity index (χ1v) is 5.89. The number of hydrogen-bond acceptors (Lipinski definition) is 4. The molecule has 0 N–H and O–H groups in total. The fourth-order valence-corrected chi connectivity index (χ4v) is 0.951. The molecule has 0 rings (SSSR count). The van der Waals surface area contributed by atoms with E-state index in [2.05, 4.69) is 31.4 Å². The number of ether oxygens (including phenoxy) is 2. The van der Waals surface area contributed by atoms with Crippen LogP contribution in [0.2, 0.25) is 0 Å². The van der Waals surface area contributed by atoms with Crippen molar-refractivity contribution in [2.45, 2.75) is 82.8 Å². The summed E-state index contributed by atoms with van der Waals surface area (Å²) in [5, 5.41) is 0. The van der Waals surface area contributed by atoms with Crippen molar-refractivity contribution in [2.24, 2.45) is 0 Å². The predicted molar refractivity (Wildman–Crippen MR) is 101 cm³/mol. The molecule has 22 heavy (non-hydrogen) atoms. The summed E-state index contributed by atoms with van der Waals surface area (Å²) in [6.45, 7) is 16.0. The van der Waals surface area contributed by atoms with Crippen LogP contribution >= 0.6 is 0 Å². The summed E-state index contributed by atoms with van der Waals surface area (Å²) in [7, 11) is 0. The molecule has 0 radical (unpaired) electrons. The normalized spacial score (nSPS) is 7.82. The lowest BCUT2D eigenvalue weighted by Gasteiger charge is -2.09. The third-order valence-electron chi connectivity index (χ3n) is 1.58. The van der Waals surface area contributed by atoms with E-state index in [1.54, 1.807) is 0 Å². The SMILES string of the molecule is C.C.C.C.C=C.C=COC(C)=O.CCCCC(C)OC(C)=O. The van der Waals surface area contributed by atoms with Gasteiger partial charge in [0, 0.05) is 13.8 Å². The van der Waals surface area contributed by atoms with Crippen molar-refractivity contribution in [2.75, 3.05) is 0 Å². The van der Waals surface area contributed by atoms with Crippen LogP contribution in [0.5, 0.6) is 0 Å². The lowest BCUT2D eigenvalue weighted by atomic mass is 10.2. The molecule has 0 amide bonds. The van der Waals surface area contributed by atoms with E-state index < -0.39 is 0 Å². The smallest absolute Gasteiger partial charge is 0.307 e. The molecule has 0 aromatic carbocycles. The Bertz CT molecular complexity index is 225. The highest BCUT2D eigenvalue weighted by Gasteiger charge is 2.02. The van der Waals surface area contributed by atoms with Crippen molar-refractivity contribution < 1.29 is 19.1 Å². The zero-order valence-corrected chi connectivity index (χ0v) is 12.0. The highest BCUT2D eigenvalue weighted by atomic mass is 16.5. The standard InChI is InChI=1S/C8H16O2.C4H6O2.C2H4.4CH4/c1-4-5-6-7(2)10-8(3)9;1-3-6-4(2)5;1-2;;;;/h7H,4-6H2,1-3H3;3H,1H2,2H3;1-2H2;4*1H4. The van der Waals surface area contributed by atoms with Crippen molar-refractivity contribution >= 4 is 11.9 Å². The topological polar surface area (TPSA) is 52.6 Å². The van der Waals surface area contributed by atoms with E-state index in [0.717, 1.165) is 25.5 Å². The molecule has 0 fully saturated rings. The van der Waals surface area contributed by atoms with Crippen LogP contribution in [0.25, 0.3) is 0 Å². The van der Waals surface area contributed by atoms with E-state index in [1.165, 1.54) is 13.8 Å².